The lowest BCUT2D eigenvalue weighted by molar-refractivity contribution is -0.105. The molecule has 1 N–H and O–H groups in total. The largest absolute Gasteiger partial charge is 0.327 e. The Kier molecular flexibility index (Phi) is 3.27. The number of nitrogens with zero attached hydrogens (tertiary/aromatic N) is 3. The standard InChI is InChI=1S/C16H10N4O/c17-6-11-1-3-12(4-2-11)15-8-18-9-16-14(15)5-13(7-19-16)20-10-21/h1-5,7-10H,(H,20,21). The molecule has 0 atom stereocenters. The van der Waals surface area contributed by atoms with Gasteiger partial charge < -0.3 is 5.32 Å². The highest BCUT2D eigenvalue weighted by Crippen LogP contribution is 2.28. The second-order valence-corrected chi connectivity index (χ2v) is 4.43. The first kappa shape index (κ1) is 12.8. The van der Waals surface area contributed by atoms with Gasteiger partial charge in [-0.3, -0.25) is 14.8 Å². The Morgan fingerprint density at radius 3 is 2.67 bits per heavy atom. The van der Waals surface area contributed by atoms with Crippen molar-refractivity contribution in [3.8, 4) is 17.2 Å². The minimum atomic E-state index is 0.605. The van der Waals surface area contributed by atoms with Gasteiger partial charge in [-0.25, -0.2) is 0 Å². The maximum atomic E-state index is 10.6. The Balaban J connectivity index is 2.18. The fourth-order valence-corrected chi connectivity index (χ4v) is 2.15. The summed E-state index contributed by atoms with van der Waals surface area (Å²) in [5.41, 5.74) is 3.82. The van der Waals surface area contributed by atoms with Crippen LogP contribution in [0.3, 0.4) is 0 Å². The van der Waals surface area contributed by atoms with Gasteiger partial charge in [-0.05, 0) is 23.8 Å². The van der Waals surface area contributed by atoms with E-state index in [0.717, 1.165) is 22.0 Å². The van der Waals surface area contributed by atoms with E-state index in [-0.39, 0.29) is 0 Å². The lowest BCUT2D eigenvalue weighted by Crippen LogP contribution is -1.95. The number of fused-ring (bicyclic) bond motifs is 1. The van der Waals surface area contributed by atoms with Crippen LogP contribution >= 0.6 is 0 Å². The van der Waals surface area contributed by atoms with Gasteiger partial charge in [0.1, 0.15) is 0 Å². The highest BCUT2D eigenvalue weighted by molar-refractivity contribution is 5.96. The van der Waals surface area contributed by atoms with Crippen LogP contribution in [0.1, 0.15) is 5.56 Å². The zero-order valence-corrected chi connectivity index (χ0v) is 10.9. The summed E-state index contributed by atoms with van der Waals surface area (Å²) in [6, 6.07) is 11.2. The van der Waals surface area contributed by atoms with Gasteiger partial charge in [0.05, 0.1) is 35.2 Å². The minimum absolute atomic E-state index is 0.605. The molecular formula is C16H10N4O. The van der Waals surface area contributed by atoms with Gasteiger partial charge in [-0.2, -0.15) is 5.26 Å². The summed E-state index contributed by atoms with van der Waals surface area (Å²) >= 11 is 0. The van der Waals surface area contributed by atoms with Crippen LogP contribution in [0, 0.1) is 11.3 Å². The van der Waals surface area contributed by atoms with Crippen LogP contribution in [-0.4, -0.2) is 16.4 Å². The van der Waals surface area contributed by atoms with Crippen molar-refractivity contribution in [3.05, 3.63) is 54.5 Å². The number of hydrogen-bond donors (Lipinski definition) is 1. The van der Waals surface area contributed by atoms with Crippen LogP contribution in [0.25, 0.3) is 22.0 Å². The molecule has 0 bridgehead atoms. The van der Waals surface area contributed by atoms with Crippen LogP contribution in [0.2, 0.25) is 0 Å². The predicted octanol–water partition coefficient (Wildman–Crippen LogP) is 2.74. The second-order valence-electron chi connectivity index (χ2n) is 4.43. The molecule has 3 aromatic rings. The van der Waals surface area contributed by atoms with Crippen LogP contribution < -0.4 is 5.32 Å². The van der Waals surface area contributed by atoms with Crippen LogP contribution in [-0.2, 0) is 4.79 Å². The molecule has 0 saturated heterocycles. The fourth-order valence-electron chi connectivity index (χ4n) is 2.15. The van der Waals surface area contributed by atoms with Crippen molar-refractivity contribution < 1.29 is 4.79 Å². The van der Waals surface area contributed by atoms with E-state index in [0.29, 0.717) is 17.7 Å². The average Bonchev–Trinajstić information content (AvgIpc) is 2.55. The number of rotatable bonds is 3. The predicted molar refractivity (Wildman–Crippen MR) is 79.4 cm³/mol. The van der Waals surface area contributed by atoms with Gasteiger partial charge in [0.2, 0.25) is 6.41 Å². The molecule has 1 aromatic carbocycles. The van der Waals surface area contributed by atoms with E-state index in [9.17, 15) is 4.79 Å². The summed E-state index contributed by atoms with van der Waals surface area (Å²) < 4.78 is 0. The van der Waals surface area contributed by atoms with Crippen molar-refractivity contribution >= 4 is 23.0 Å². The summed E-state index contributed by atoms with van der Waals surface area (Å²) in [4.78, 5) is 19.0. The molecule has 0 saturated carbocycles. The maximum absolute atomic E-state index is 10.6. The maximum Gasteiger partial charge on any atom is 0.211 e. The fraction of sp³-hybridized carbons (Fsp3) is 0. The molecule has 5 nitrogen and oxygen atoms in total. The minimum Gasteiger partial charge on any atom is -0.327 e. The zero-order valence-electron chi connectivity index (χ0n) is 10.9. The molecule has 0 aliphatic rings. The molecule has 0 spiro atoms. The Hall–Kier alpha value is -3.26. The van der Waals surface area contributed by atoms with E-state index < -0.39 is 0 Å². The van der Waals surface area contributed by atoms with Crippen LogP contribution in [0.15, 0.2) is 48.9 Å². The highest BCUT2D eigenvalue weighted by atomic mass is 16.1. The number of carbonyl (C=O) groups is 1. The molecule has 0 aliphatic carbocycles. The van der Waals surface area contributed by atoms with Crippen LogP contribution in [0.4, 0.5) is 5.69 Å². The lowest BCUT2D eigenvalue weighted by atomic mass is 10.0. The number of nitrogens with one attached hydrogen (secondary N) is 1. The average molecular weight is 274 g/mol. The monoisotopic (exact) mass is 274 g/mol. The summed E-state index contributed by atoms with van der Waals surface area (Å²) in [6.45, 7) is 0. The molecule has 0 fully saturated rings. The second kappa shape index (κ2) is 5.39. The Morgan fingerprint density at radius 2 is 1.95 bits per heavy atom. The molecule has 0 aliphatic heterocycles. The van der Waals surface area contributed by atoms with Crippen LogP contribution in [0.5, 0.6) is 0 Å². The number of anilines is 1. The van der Waals surface area contributed by atoms with Crippen molar-refractivity contribution in [1.29, 1.82) is 5.26 Å². The third-order valence-corrected chi connectivity index (χ3v) is 3.16. The number of nitriles is 1. The number of hydrogen-bond acceptors (Lipinski definition) is 4. The van der Waals surface area contributed by atoms with E-state index in [4.69, 9.17) is 5.26 Å². The number of pyridine rings is 2. The molecular weight excluding hydrogens is 264 g/mol. The van der Waals surface area contributed by atoms with Crippen molar-refractivity contribution in [2.24, 2.45) is 0 Å². The first-order valence-corrected chi connectivity index (χ1v) is 6.26. The topological polar surface area (TPSA) is 78.7 Å². The van der Waals surface area contributed by atoms with Gasteiger partial charge in [0, 0.05) is 17.1 Å². The van der Waals surface area contributed by atoms with Crippen molar-refractivity contribution in [2.75, 3.05) is 5.32 Å². The lowest BCUT2D eigenvalue weighted by Gasteiger charge is -2.07. The number of amides is 1. The molecule has 0 unspecified atom stereocenters. The summed E-state index contributed by atoms with van der Waals surface area (Å²) in [5, 5.41) is 12.3. The Bertz CT molecular complexity index is 850. The molecule has 100 valence electrons. The first-order chi connectivity index (χ1) is 10.3. The van der Waals surface area contributed by atoms with E-state index >= 15 is 0 Å². The number of benzene rings is 1. The number of aromatic nitrogens is 2. The SMILES string of the molecule is N#Cc1ccc(-c2cncc3ncc(NC=O)cc23)cc1. The third kappa shape index (κ3) is 2.42. The van der Waals surface area contributed by atoms with E-state index in [1.54, 1.807) is 30.7 Å². The van der Waals surface area contributed by atoms with Gasteiger partial charge >= 0.3 is 0 Å². The molecule has 21 heavy (non-hydrogen) atoms. The van der Waals surface area contributed by atoms with Gasteiger partial charge in [-0.1, -0.05) is 12.1 Å². The molecule has 3 rings (SSSR count). The van der Waals surface area contributed by atoms with Crippen molar-refractivity contribution in [3.63, 3.8) is 0 Å². The first-order valence-electron chi connectivity index (χ1n) is 6.26. The Morgan fingerprint density at radius 1 is 1.14 bits per heavy atom. The molecule has 1 amide bonds. The number of carbonyl (C=O) groups excluding carboxylic acids is 1. The zero-order chi connectivity index (χ0) is 14.7. The van der Waals surface area contributed by atoms with Gasteiger partial charge in [0.15, 0.2) is 0 Å². The Labute approximate surface area is 120 Å². The quantitative estimate of drug-likeness (QED) is 0.745. The van der Waals surface area contributed by atoms with E-state index in [2.05, 4.69) is 21.4 Å². The summed E-state index contributed by atoms with van der Waals surface area (Å²) in [7, 11) is 0. The van der Waals surface area contributed by atoms with Crippen molar-refractivity contribution in [1.82, 2.24) is 9.97 Å². The summed E-state index contributed by atoms with van der Waals surface area (Å²) in [6.07, 6.45) is 5.62. The highest BCUT2D eigenvalue weighted by Gasteiger charge is 2.06. The molecule has 2 aromatic heterocycles. The third-order valence-electron chi connectivity index (χ3n) is 3.16. The summed E-state index contributed by atoms with van der Waals surface area (Å²) in [5.74, 6) is 0. The normalized spacial score (nSPS) is 10.0. The van der Waals surface area contributed by atoms with E-state index in [1.807, 2.05) is 18.2 Å². The smallest absolute Gasteiger partial charge is 0.211 e. The molecule has 5 heteroatoms. The van der Waals surface area contributed by atoms with E-state index in [1.165, 1.54) is 0 Å². The molecule has 2 heterocycles. The van der Waals surface area contributed by atoms with Gasteiger partial charge in [-0.15, -0.1) is 0 Å². The molecule has 0 radical (unpaired) electrons. The van der Waals surface area contributed by atoms with Crippen molar-refractivity contribution in [2.45, 2.75) is 0 Å². The van der Waals surface area contributed by atoms with Gasteiger partial charge in [0.25, 0.3) is 0 Å².